The quantitative estimate of drug-likeness (QED) is 0.746. The Kier molecular flexibility index (Phi) is 5.24. The van der Waals surface area contributed by atoms with Gasteiger partial charge in [-0.05, 0) is 25.0 Å². The average molecular weight is 365 g/mol. The lowest BCUT2D eigenvalue weighted by Gasteiger charge is -2.28. The van der Waals surface area contributed by atoms with E-state index in [4.69, 9.17) is 0 Å². The number of pyridine rings is 1. The smallest absolute Gasteiger partial charge is 0.333 e. The zero-order chi connectivity index (χ0) is 15.5. The van der Waals surface area contributed by atoms with Crippen LogP contribution in [0, 0.1) is 0 Å². The topological polar surface area (TPSA) is 33.2 Å². The summed E-state index contributed by atoms with van der Waals surface area (Å²) >= 11 is 3.40. The summed E-state index contributed by atoms with van der Waals surface area (Å²) in [5.41, 5.74) is -0.775. The van der Waals surface area contributed by atoms with Gasteiger partial charge in [-0.2, -0.15) is 13.2 Å². The van der Waals surface area contributed by atoms with Crippen molar-refractivity contribution in [2.75, 3.05) is 11.9 Å². The maximum Gasteiger partial charge on any atom is 0.417 e. The van der Waals surface area contributed by atoms with E-state index in [0.717, 1.165) is 37.8 Å². The third-order valence-electron chi connectivity index (χ3n) is 3.63. The number of alkyl halides is 4. The molecule has 1 aromatic heterocycles. The second-order valence-corrected chi connectivity index (χ2v) is 5.73. The summed E-state index contributed by atoms with van der Waals surface area (Å²) < 4.78 is 37.5. The van der Waals surface area contributed by atoms with Gasteiger partial charge in [0, 0.05) is 24.1 Å². The first-order valence-electron chi connectivity index (χ1n) is 6.83. The van der Waals surface area contributed by atoms with Crippen molar-refractivity contribution in [3.63, 3.8) is 0 Å². The fourth-order valence-electron chi connectivity index (χ4n) is 2.44. The first-order valence-corrected chi connectivity index (χ1v) is 7.96. The lowest BCUT2D eigenvalue weighted by atomic mass is 10.1. The number of rotatable bonds is 2. The van der Waals surface area contributed by atoms with Crippen molar-refractivity contribution in [2.45, 2.75) is 37.9 Å². The molecule has 1 saturated heterocycles. The molecule has 0 spiro atoms. The van der Waals surface area contributed by atoms with Crippen LogP contribution in [-0.4, -0.2) is 33.7 Å². The Bertz CT molecular complexity index is 490. The zero-order valence-electron chi connectivity index (χ0n) is 11.4. The van der Waals surface area contributed by atoms with Gasteiger partial charge in [0.15, 0.2) is 0 Å². The van der Waals surface area contributed by atoms with E-state index in [9.17, 15) is 18.0 Å². The Labute approximate surface area is 129 Å². The molecule has 1 aromatic rings. The fraction of sp³-hybridized carbons (Fsp3) is 0.571. The first-order chi connectivity index (χ1) is 9.93. The van der Waals surface area contributed by atoms with Crippen molar-refractivity contribution in [3.8, 4) is 0 Å². The van der Waals surface area contributed by atoms with Gasteiger partial charge in [-0.3, -0.25) is 9.78 Å². The molecular weight excluding hydrogens is 349 g/mol. The van der Waals surface area contributed by atoms with Crippen LogP contribution in [0.4, 0.5) is 13.2 Å². The number of carbonyl (C=O) groups excluding carboxylic acids is 1. The van der Waals surface area contributed by atoms with E-state index in [0.29, 0.717) is 18.1 Å². The third kappa shape index (κ3) is 3.96. The molecule has 1 unspecified atom stereocenters. The standard InChI is InChI=1S/C14H16BrF3N2O/c15-8-11-4-2-1-3-7-20(11)13(21)12-6-5-10(9-19-12)14(16,17)18/h5-6,9,11H,1-4,7-8H2. The third-order valence-corrected chi connectivity index (χ3v) is 4.37. The van der Waals surface area contributed by atoms with Gasteiger partial charge in [-0.15, -0.1) is 0 Å². The lowest BCUT2D eigenvalue weighted by Crippen LogP contribution is -2.41. The minimum Gasteiger partial charge on any atom is -0.333 e. The second-order valence-electron chi connectivity index (χ2n) is 5.09. The number of nitrogens with zero attached hydrogens (tertiary/aromatic N) is 2. The molecule has 1 amide bonds. The van der Waals surface area contributed by atoms with Crippen molar-refractivity contribution in [2.24, 2.45) is 0 Å². The van der Waals surface area contributed by atoms with Gasteiger partial charge in [0.1, 0.15) is 5.69 Å². The molecule has 0 radical (unpaired) electrons. The van der Waals surface area contributed by atoms with Crippen molar-refractivity contribution in [1.82, 2.24) is 9.88 Å². The molecule has 1 atom stereocenters. The molecule has 3 nitrogen and oxygen atoms in total. The van der Waals surface area contributed by atoms with Crippen molar-refractivity contribution < 1.29 is 18.0 Å². The van der Waals surface area contributed by atoms with E-state index < -0.39 is 11.7 Å². The summed E-state index contributed by atoms with van der Waals surface area (Å²) in [6, 6.07) is 2.13. The normalized spacial score (nSPS) is 20.2. The predicted octanol–water partition coefficient (Wildman–Crippen LogP) is 3.88. The van der Waals surface area contributed by atoms with Crippen LogP contribution >= 0.6 is 15.9 Å². The van der Waals surface area contributed by atoms with Crippen LogP contribution in [0.15, 0.2) is 18.3 Å². The molecule has 0 N–H and O–H groups in total. The van der Waals surface area contributed by atoms with Crippen LogP contribution in [0.25, 0.3) is 0 Å². The summed E-state index contributed by atoms with van der Waals surface area (Å²) in [7, 11) is 0. The highest BCUT2D eigenvalue weighted by atomic mass is 79.9. The minimum absolute atomic E-state index is 0.0656. The Hall–Kier alpha value is -1.11. The highest BCUT2D eigenvalue weighted by Gasteiger charge is 2.32. The number of carbonyl (C=O) groups is 1. The van der Waals surface area contributed by atoms with Gasteiger partial charge in [0.25, 0.3) is 5.91 Å². The monoisotopic (exact) mass is 364 g/mol. The lowest BCUT2D eigenvalue weighted by molar-refractivity contribution is -0.137. The molecule has 2 rings (SSSR count). The molecule has 7 heteroatoms. The van der Waals surface area contributed by atoms with Gasteiger partial charge in [0.2, 0.25) is 0 Å². The Balaban J connectivity index is 2.18. The van der Waals surface area contributed by atoms with E-state index in [1.54, 1.807) is 4.90 Å². The van der Waals surface area contributed by atoms with E-state index in [1.807, 2.05) is 0 Å². The van der Waals surface area contributed by atoms with E-state index in [-0.39, 0.29) is 17.6 Å². The maximum atomic E-state index is 12.5. The SMILES string of the molecule is O=C(c1ccc(C(F)(F)F)cn1)N1CCCCCC1CBr. The molecule has 1 aliphatic rings. The molecular formula is C14H16BrF3N2O. The van der Waals surface area contributed by atoms with Gasteiger partial charge < -0.3 is 4.90 Å². The molecule has 1 fully saturated rings. The van der Waals surface area contributed by atoms with Crippen LogP contribution in [0.2, 0.25) is 0 Å². The number of hydrogen-bond acceptors (Lipinski definition) is 2. The van der Waals surface area contributed by atoms with Crippen molar-refractivity contribution in [3.05, 3.63) is 29.6 Å². The zero-order valence-corrected chi connectivity index (χ0v) is 13.0. The van der Waals surface area contributed by atoms with Crippen LogP contribution < -0.4 is 0 Å². The molecule has 0 bridgehead atoms. The van der Waals surface area contributed by atoms with Crippen LogP contribution in [0.1, 0.15) is 41.7 Å². The van der Waals surface area contributed by atoms with Crippen molar-refractivity contribution >= 4 is 21.8 Å². The Morgan fingerprint density at radius 2 is 2.10 bits per heavy atom. The summed E-state index contributed by atoms with van der Waals surface area (Å²) in [5, 5.41) is 0.666. The summed E-state index contributed by atoms with van der Waals surface area (Å²) in [6.07, 6.45) is 0.214. The number of halogens is 4. The summed E-state index contributed by atoms with van der Waals surface area (Å²) in [5.74, 6) is -0.296. The van der Waals surface area contributed by atoms with Crippen LogP contribution in [0.5, 0.6) is 0 Å². The Morgan fingerprint density at radius 1 is 1.33 bits per heavy atom. The highest BCUT2D eigenvalue weighted by Crippen LogP contribution is 2.28. The fourth-order valence-corrected chi connectivity index (χ4v) is 3.11. The number of amides is 1. The van der Waals surface area contributed by atoms with E-state index >= 15 is 0 Å². The van der Waals surface area contributed by atoms with Gasteiger partial charge >= 0.3 is 6.18 Å². The van der Waals surface area contributed by atoms with Crippen molar-refractivity contribution in [1.29, 1.82) is 0 Å². The predicted molar refractivity (Wildman–Crippen MR) is 76.3 cm³/mol. The average Bonchev–Trinajstić information content (AvgIpc) is 2.70. The Morgan fingerprint density at radius 3 is 2.67 bits per heavy atom. The summed E-state index contributed by atoms with van der Waals surface area (Å²) in [6.45, 7) is 0.623. The highest BCUT2D eigenvalue weighted by molar-refractivity contribution is 9.09. The first kappa shape index (κ1) is 16.3. The molecule has 116 valence electrons. The van der Waals surface area contributed by atoms with Crippen LogP contribution in [0.3, 0.4) is 0 Å². The van der Waals surface area contributed by atoms with Gasteiger partial charge in [-0.1, -0.05) is 28.8 Å². The second kappa shape index (κ2) is 6.77. The molecule has 0 saturated carbocycles. The molecule has 1 aliphatic heterocycles. The minimum atomic E-state index is -4.43. The van der Waals surface area contributed by atoms with E-state index in [1.165, 1.54) is 0 Å². The number of likely N-dealkylation sites (tertiary alicyclic amines) is 1. The maximum absolute atomic E-state index is 12.5. The van der Waals surface area contributed by atoms with E-state index in [2.05, 4.69) is 20.9 Å². The molecule has 21 heavy (non-hydrogen) atoms. The number of aromatic nitrogens is 1. The largest absolute Gasteiger partial charge is 0.417 e. The van der Waals surface area contributed by atoms with Gasteiger partial charge in [0.05, 0.1) is 5.56 Å². The van der Waals surface area contributed by atoms with Crippen LogP contribution in [-0.2, 0) is 6.18 Å². The summed E-state index contributed by atoms with van der Waals surface area (Å²) in [4.78, 5) is 17.9. The molecule has 0 aliphatic carbocycles. The number of hydrogen-bond donors (Lipinski definition) is 0. The molecule has 0 aromatic carbocycles. The van der Waals surface area contributed by atoms with Gasteiger partial charge in [-0.25, -0.2) is 0 Å². The molecule has 2 heterocycles.